The number of imide groups is 1. The summed E-state index contributed by atoms with van der Waals surface area (Å²) < 4.78 is 11.6. The maximum atomic E-state index is 12.9. The topological polar surface area (TPSA) is 114 Å². The van der Waals surface area contributed by atoms with Crippen LogP contribution in [0.3, 0.4) is 0 Å². The number of thioether (sulfide) groups is 1. The molecule has 0 spiro atoms. The molecule has 12 heteroatoms. The SMILES string of the molecule is COc1cc(/C=C2\SC(=O)N(CC(=O)Nc3ccccc3)C2=O)cc(Br)c1OCC(=O)Nc1ccc(C)c(Cl)c1. The number of carbonyl (C=O) groups excluding carboxylic acids is 4. The van der Waals surface area contributed by atoms with Crippen LogP contribution in [0.2, 0.25) is 5.02 Å². The summed E-state index contributed by atoms with van der Waals surface area (Å²) in [6, 6.07) is 17.2. The predicted molar refractivity (Wildman–Crippen MR) is 159 cm³/mol. The second-order valence-electron chi connectivity index (χ2n) is 8.52. The molecule has 4 amide bonds. The van der Waals surface area contributed by atoms with E-state index in [-0.39, 0.29) is 17.3 Å². The van der Waals surface area contributed by atoms with Crippen LogP contribution < -0.4 is 20.1 Å². The molecule has 1 fully saturated rings. The number of amides is 4. The number of benzene rings is 3. The number of anilines is 2. The van der Waals surface area contributed by atoms with Gasteiger partial charge in [-0.3, -0.25) is 24.1 Å². The summed E-state index contributed by atoms with van der Waals surface area (Å²) in [7, 11) is 1.44. The van der Waals surface area contributed by atoms with Gasteiger partial charge in [0, 0.05) is 16.4 Å². The molecule has 0 bridgehead atoms. The first-order valence-electron chi connectivity index (χ1n) is 11.8. The van der Waals surface area contributed by atoms with Gasteiger partial charge in [-0.15, -0.1) is 0 Å². The first-order chi connectivity index (χ1) is 19.1. The number of ether oxygens (including phenoxy) is 2. The van der Waals surface area contributed by atoms with Gasteiger partial charge in [0.05, 0.1) is 16.5 Å². The zero-order valence-corrected chi connectivity index (χ0v) is 24.5. The van der Waals surface area contributed by atoms with Crippen LogP contribution >= 0.6 is 39.3 Å². The number of hydrogen-bond donors (Lipinski definition) is 2. The Balaban J connectivity index is 1.42. The van der Waals surface area contributed by atoms with E-state index in [1.54, 1.807) is 54.6 Å². The Morgan fingerprint density at radius 1 is 1.02 bits per heavy atom. The number of nitrogens with one attached hydrogen (secondary N) is 2. The summed E-state index contributed by atoms with van der Waals surface area (Å²) in [5, 5.41) is 5.36. The van der Waals surface area contributed by atoms with Gasteiger partial charge in [-0.05, 0) is 88.2 Å². The van der Waals surface area contributed by atoms with Crippen LogP contribution in [0.25, 0.3) is 6.08 Å². The Kier molecular flexibility index (Phi) is 9.51. The monoisotopic (exact) mass is 643 g/mol. The molecule has 3 aromatic rings. The number of nitrogens with zero attached hydrogens (tertiary/aromatic N) is 1. The van der Waals surface area contributed by atoms with E-state index >= 15 is 0 Å². The maximum absolute atomic E-state index is 12.9. The van der Waals surface area contributed by atoms with Crippen molar-refractivity contribution in [1.82, 2.24) is 4.90 Å². The summed E-state index contributed by atoms with van der Waals surface area (Å²) in [4.78, 5) is 51.2. The van der Waals surface area contributed by atoms with Crippen molar-refractivity contribution in [3.63, 3.8) is 0 Å². The zero-order valence-electron chi connectivity index (χ0n) is 21.3. The average Bonchev–Trinajstić information content (AvgIpc) is 3.17. The number of methoxy groups -OCH3 is 1. The first-order valence-corrected chi connectivity index (χ1v) is 13.8. The molecule has 2 N–H and O–H groups in total. The number of carbonyl (C=O) groups is 4. The third-order valence-electron chi connectivity index (χ3n) is 5.59. The van der Waals surface area contributed by atoms with Gasteiger partial charge in [-0.25, -0.2) is 0 Å². The van der Waals surface area contributed by atoms with E-state index in [9.17, 15) is 19.2 Å². The molecule has 1 saturated heterocycles. The maximum Gasteiger partial charge on any atom is 0.294 e. The molecule has 0 unspecified atom stereocenters. The van der Waals surface area contributed by atoms with Crippen molar-refractivity contribution in [3.8, 4) is 11.5 Å². The molecule has 206 valence electrons. The van der Waals surface area contributed by atoms with Crippen LogP contribution in [0.4, 0.5) is 16.2 Å². The molecule has 4 rings (SSSR count). The minimum atomic E-state index is -0.582. The molecule has 0 saturated carbocycles. The van der Waals surface area contributed by atoms with Crippen molar-refractivity contribution < 1.29 is 28.7 Å². The average molecular weight is 645 g/mol. The van der Waals surface area contributed by atoms with Crippen molar-refractivity contribution in [3.05, 3.63) is 86.2 Å². The van der Waals surface area contributed by atoms with Gasteiger partial charge in [-0.1, -0.05) is 35.9 Å². The van der Waals surface area contributed by atoms with Crippen LogP contribution in [0, 0.1) is 6.92 Å². The minimum absolute atomic E-state index is 0.149. The van der Waals surface area contributed by atoms with Gasteiger partial charge in [-0.2, -0.15) is 0 Å². The van der Waals surface area contributed by atoms with Gasteiger partial charge < -0.3 is 20.1 Å². The molecule has 40 heavy (non-hydrogen) atoms. The zero-order chi connectivity index (χ0) is 28.8. The van der Waals surface area contributed by atoms with Gasteiger partial charge in [0.15, 0.2) is 18.1 Å². The molecule has 0 radical (unpaired) electrons. The molecule has 0 aliphatic carbocycles. The smallest absolute Gasteiger partial charge is 0.294 e. The highest BCUT2D eigenvalue weighted by Crippen LogP contribution is 2.39. The van der Waals surface area contributed by atoms with E-state index in [2.05, 4.69) is 26.6 Å². The molecule has 0 aromatic heterocycles. The van der Waals surface area contributed by atoms with Gasteiger partial charge >= 0.3 is 0 Å². The summed E-state index contributed by atoms with van der Waals surface area (Å²) in [5.74, 6) is -0.893. The molecule has 1 heterocycles. The highest BCUT2D eigenvalue weighted by Gasteiger charge is 2.36. The fourth-order valence-corrected chi connectivity index (χ4v) is 5.21. The number of aryl methyl sites for hydroxylation is 1. The van der Waals surface area contributed by atoms with Gasteiger partial charge in [0.1, 0.15) is 6.54 Å². The Morgan fingerprint density at radius 2 is 1.75 bits per heavy atom. The van der Waals surface area contributed by atoms with E-state index in [1.165, 1.54) is 13.2 Å². The molecule has 0 atom stereocenters. The summed E-state index contributed by atoms with van der Waals surface area (Å²) in [5.41, 5.74) is 2.53. The highest BCUT2D eigenvalue weighted by atomic mass is 79.9. The minimum Gasteiger partial charge on any atom is -0.493 e. The Labute approximate surface area is 248 Å². The lowest BCUT2D eigenvalue weighted by Gasteiger charge is -2.14. The first kappa shape index (κ1) is 29.2. The largest absolute Gasteiger partial charge is 0.493 e. The van der Waals surface area contributed by atoms with Gasteiger partial charge in [0.25, 0.3) is 17.1 Å². The van der Waals surface area contributed by atoms with E-state index in [0.717, 1.165) is 22.2 Å². The molecule has 3 aromatic carbocycles. The summed E-state index contributed by atoms with van der Waals surface area (Å²) >= 11 is 10.3. The summed E-state index contributed by atoms with van der Waals surface area (Å²) in [6.07, 6.45) is 1.52. The van der Waals surface area contributed by atoms with Crippen LogP contribution in [-0.2, 0) is 14.4 Å². The number of halogens is 2. The Hall–Kier alpha value is -3.80. The number of hydrogen-bond acceptors (Lipinski definition) is 7. The fraction of sp³-hybridized carbons (Fsp3) is 0.143. The third kappa shape index (κ3) is 7.23. The van der Waals surface area contributed by atoms with Gasteiger partial charge in [0.2, 0.25) is 5.91 Å². The predicted octanol–water partition coefficient (Wildman–Crippen LogP) is 6.11. The van der Waals surface area contributed by atoms with Crippen molar-refractivity contribution in [1.29, 1.82) is 0 Å². The lowest BCUT2D eigenvalue weighted by molar-refractivity contribution is -0.127. The summed E-state index contributed by atoms with van der Waals surface area (Å²) in [6.45, 7) is 1.15. The van der Waals surface area contributed by atoms with E-state index in [4.69, 9.17) is 21.1 Å². The Morgan fingerprint density at radius 3 is 2.45 bits per heavy atom. The van der Waals surface area contributed by atoms with E-state index in [1.807, 2.05) is 13.0 Å². The molecule has 9 nitrogen and oxygen atoms in total. The van der Waals surface area contributed by atoms with Crippen LogP contribution in [0.5, 0.6) is 11.5 Å². The number of para-hydroxylation sites is 1. The highest BCUT2D eigenvalue weighted by molar-refractivity contribution is 9.10. The van der Waals surface area contributed by atoms with Crippen LogP contribution in [0.1, 0.15) is 11.1 Å². The van der Waals surface area contributed by atoms with E-state index < -0.39 is 29.5 Å². The second-order valence-corrected chi connectivity index (χ2v) is 10.8. The van der Waals surface area contributed by atoms with Crippen molar-refractivity contribution in [2.45, 2.75) is 6.92 Å². The number of rotatable bonds is 9. The normalized spacial score (nSPS) is 13.9. The van der Waals surface area contributed by atoms with Crippen LogP contribution in [-0.4, -0.2) is 48.1 Å². The van der Waals surface area contributed by atoms with Crippen molar-refractivity contribution in [2.75, 3.05) is 30.9 Å². The molecule has 1 aliphatic heterocycles. The molecule has 1 aliphatic rings. The quantitative estimate of drug-likeness (QED) is 0.270. The fourth-order valence-electron chi connectivity index (χ4n) is 3.62. The van der Waals surface area contributed by atoms with Crippen LogP contribution in [0.15, 0.2) is 70.0 Å². The lowest BCUT2D eigenvalue weighted by atomic mass is 10.2. The standard InChI is InChI=1S/C28H23BrClN3O6S/c1-16-8-9-19(13-21(16)30)32-25(35)15-39-26-20(29)10-17(11-22(26)38-2)12-23-27(36)33(28(37)40-23)14-24(34)31-18-6-4-3-5-7-18/h3-13H,14-15H2,1-2H3,(H,31,34)(H,32,35)/b23-12-. The third-order valence-corrected chi connectivity index (χ3v) is 7.49. The van der Waals surface area contributed by atoms with Crippen molar-refractivity contribution >= 4 is 79.7 Å². The van der Waals surface area contributed by atoms with E-state index in [0.29, 0.717) is 32.2 Å². The molecular formula is C28H23BrClN3O6S. The lowest BCUT2D eigenvalue weighted by Crippen LogP contribution is -2.36. The Bertz CT molecular complexity index is 1520. The second kappa shape index (κ2) is 13.0. The molecular weight excluding hydrogens is 622 g/mol. The van der Waals surface area contributed by atoms with Crippen molar-refractivity contribution in [2.24, 2.45) is 0 Å².